The van der Waals surface area contributed by atoms with Crippen molar-refractivity contribution in [3.05, 3.63) is 48.4 Å². The summed E-state index contributed by atoms with van der Waals surface area (Å²) in [5.74, 6) is -1.22. The number of sulfonamides is 1. The normalized spacial score (nSPS) is 12.6. The number of esters is 1. The molecule has 140 valence electrons. The highest BCUT2D eigenvalue weighted by atomic mass is 32.2. The van der Waals surface area contributed by atoms with Crippen molar-refractivity contribution in [3.8, 4) is 0 Å². The van der Waals surface area contributed by atoms with Gasteiger partial charge in [0.1, 0.15) is 6.26 Å². The quantitative estimate of drug-likeness (QED) is 0.711. The number of nitrogens with one attached hydrogen (secondary N) is 2. The first-order valence-electron chi connectivity index (χ1n) is 7.85. The standard InChI is InChI=1S/C17H20N2O6S/c1-11(2)19-26(22,23)15-6-4-14(5-7-15)18-16(20)12(3)25-17(21)13-8-9-24-10-13/h4-12,19H,1-3H3,(H,18,20). The zero-order valence-corrected chi connectivity index (χ0v) is 15.4. The Morgan fingerprint density at radius 2 is 1.73 bits per heavy atom. The number of furan rings is 1. The molecule has 0 aliphatic heterocycles. The molecular weight excluding hydrogens is 360 g/mol. The van der Waals surface area contributed by atoms with E-state index in [1.165, 1.54) is 49.8 Å². The van der Waals surface area contributed by atoms with Crippen LogP contribution in [0.3, 0.4) is 0 Å². The molecule has 2 N–H and O–H groups in total. The van der Waals surface area contributed by atoms with E-state index in [0.717, 1.165) is 0 Å². The highest BCUT2D eigenvalue weighted by Crippen LogP contribution is 2.15. The van der Waals surface area contributed by atoms with Crippen LogP contribution in [0.15, 0.2) is 52.2 Å². The van der Waals surface area contributed by atoms with Crippen molar-refractivity contribution in [1.29, 1.82) is 0 Å². The lowest BCUT2D eigenvalue weighted by atomic mass is 10.3. The highest BCUT2D eigenvalue weighted by molar-refractivity contribution is 7.89. The number of rotatable bonds is 7. The third-order valence-corrected chi connectivity index (χ3v) is 4.91. The molecule has 0 saturated heterocycles. The summed E-state index contributed by atoms with van der Waals surface area (Å²) in [7, 11) is -3.60. The van der Waals surface area contributed by atoms with Crippen LogP contribution in [0, 0.1) is 0 Å². The fourth-order valence-corrected chi connectivity index (χ4v) is 3.25. The molecule has 0 aliphatic rings. The van der Waals surface area contributed by atoms with E-state index in [1.807, 2.05) is 0 Å². The van der Waals surface area contributed by atoms with Crippen LogP contribution in [0.2, 0.25) is 0 Å². The average molecular weight is 380 g/mol. The van der Waals surface area contributed by atoms with E-state index in [9.17, 15) is 18.0 Å². The largest absolute Gasteiger partial charge is 0.472 e. The van der Waals surface area contributed by atoms with Crippen LogP contribution in [0.4, 0.5) is 5.69 Å². The molecule has 0 bridgehead atoms. The van der Waals surface area contributed by atoms with Gasteiger partial charge in [-0.15, -0.1) is 0 Å². The Morgan fingerprint density at radius 1 is 1.08 bits per heavy atom. The minimum absolute atomic E-state index is 0.0867. The molecule has 0 radical (unpaired) electrons. The lowest BCUT2D eigenvalue weighted by Crippen LogP contribution is -2.30. The molecule has 1 aromatic carbocycles. The summed E-state index contributed by atoms with van der Waals surface area (Å²) in [4.78, 5) is 24.0. The van der Waals surface area contributed by atoms with Gasteiger partial charge in [0.05, 0.1) is 16.7 Å². The monoisotopic (exact) mass is 380 g/mol. The van der Waals surface area contributed by atoms with Gasteiger partial charge in [-0.2, -0.15) is 0 Å². The molecule has 0 aliphatic carbocycles. The van der Waals surface area contributed by atoms with Gasteiger partial charge < -0.3 is 14.5 Å². The lowest BCUT2D eigenvalue weighted by molar-refractivity contribution is -0.123. The van der Waals surface area contributed by atoms with E-state index in [4.69, 9.17) is 9.15 Å². The maximum absolute atomic E-state index is 12.1. The summed E-state index contributed by atoms with van der Waals surface area (Å²) in [5, 5.41) is 2.56. The minimum atomic E-state index is -3.60. The summed E-state index contributed by atoms with van der Waals surface area (Å²) in [5.41, 5.74) is 0.585. The van der Waals surface area contributed by atoms with Gasteiger partial charge in [0.15, 0.2) is 6.10 Å². The van der Waals surface area contributed by atoms with Crippen molar-refractivity contribution >= 4 is 27.6 Å². The van der Waals surface area contributed by atoms with Crippen molar-refractivity contribution in [2.45, 2.75) is 37.8 Å². The molecule has 0 saturated carbocycles. The molecule has 0 spiro atoms. The van der Waals surface area contributed by atoms with Crippen molar-refractivity contribution in [3.63, 3.8) is 0 Å². The second kappa shape index (κ2) is 8.15. The van der Waals surface area contributed by atoms with Crippen molar-refractivity contribution in [2.24, 2.45) is 0 Å². The molecule has 8 nitrogen and oxygen atoms in total. The fraction of sp³-hybridized carbons (Fsp3) is 0.294. The number of benzene rings is 1. The maximum Gasteiger partial charge on any atom is 0.342 e. The van der Waals surface area contributed by atoms with Gasteiger partial charge in [0, 0.05) is 11.7 Å². The van der Waals surface area contributed by atoms with E-state index in [0.29, 0.717) is 5.69 Å². The van der Waals surface area contributed by atoms with E-state index in [-0.39, 0.29) is 16.5 Å². The first-order chi connectivity index (χ1) is 12.2. The van der Waals surface area contributed by atoms with Gasteiger partial charge >= 0.3 is 5.97 Å². The lowest BCUT2D eigenvalue weighted by Gasteiger charge is -2.13. The second-order valence-electron chi connectivity index (χ2n) is 5.85. The smallest absolute Gasteiger partial charge is 0.342 e. The Kier molecular flexibility index (Phi) is 6.17. The van der Waals surface area contributed by atoms with E-state index < -0.39 is 28.0 Å². The van der Waals surface area contributed by atoms with Crippen molar-refractivity contribution < 1.29 is 27.2 Å². The van der Waals surface area contributed by atoms with Gasteiger partial charge in [0.25, 0.3) is 5.91 Å². The summed E-state index contributed by atoms with van der Waals surface area (Å²) < 4.78 is 36.4. The molecule has 26 heavy (non-hydrogen) atoms. The Bertz CT molecular complexity index is 857. The summed E-state index contributed by atoms with van der Waals surface area (Å²) in [6.45, 7) is 4.87. The minimum Gasteiger partial charge on any atom is -0.472 e. The zero-order valence-electron chi connectivity index (χ0n) is 14.6. The Labute approximate surface area is 151 Å². The topological polar surface area (TPSA) is 115 Å². The Morgan fingerprint density at radius 3 is 2.27 bits per heavy atom. The van der Waals surface area contributed by atoms with Crippen LogP contribution in [0.1, 0.15) is 31.1 Å². The predicted molar refractivity (Wildman–Crippen MR) is 94.1 cm³/mol. The number of carbonyl (C=O) groups is 2. The first-order valence-corrected chi connectivity index (χ1v) is 9.34. The molecule has 1 aromatic heterocycles. The van der Waals surface area contributed by atoms with Crippen molar-refractivity contribution in [2.75, 3.05) is 5.32 Å². The SMILES string of the molecule is CC(C)NS(=O)(=O)c1ccc(NC(=O)C(C)OC(=O)c2ccoc2)cc1. The zero-order chi connectivity index (χ0) is 19.3. The molecule has 1 amide bonds. The Balaban J connectivity index is 1.97. The number of carbonyl (C=O) groups excluding carboxylic acids is 2. The molecule has 2 aromatic rings. The second-order valence-corrected chi connectivity index (χ2v) is 7.56. The third kappa shape index (κ3) is 5.17. The molecular formula is C17H20N2O6S. The third-order valence-electron chi connectivity index (χ3n) is 3.23. The van der Waals surface area contributed by atoms with E-state index in [2.05, 4.69) is 10.0 Å². The van der Waals surface area contributed by atoms with E-state index in [1.54, 1.807) is 13.8 Å². The molecule has 0 fully saturated rings. The van der Waals surface area contributed by atoms with Crippen LogP contribution >= 0.6 is 0 Å². The van der Waals surface area contributed by atoms with E-state index >= 15 is 0 Å². The fourth-order valence-electron chi connectivity index (χ4n) is 2.00. The van der Waals surface area contributed by atoms with Crippen LogP contribution < -0.4 is 10.0 Å². The molecule has 1 atom stereocenters. The number of ether oxygens (including phenoxy) is 1. The predicted octanol–water partition coefficient (Wildman–Crippen LogP) is 2.15. The molecule has 2 rings (SSSR count). The summed E-state index contributed by atoms with van der Waals surface area (Å²) in [6, 6.07) is 6.86. The number of amides is 1. The summed E-state index contributed by atoms with van der Waals surface area (Å²) >= 11 is 0. The molecule has 1 heterocycles. The summed E-state index contributed by atoms with van der Waals surface area (Å²) in [6.07, 6.45) is 1.51. The van der Waals surface area contributed by atoms with Gasteiger partial charge in [-0.05, 0) is 51.1 Å². The number of hydrogen-bond donors (Lipinski definition) is 2. The van der Waals surface area contributed by atoms with Crippen LogP contribution in [0.25, 0.3) is 0 Å². The maximum atomic E-state index is 12.1. The van der Waals surface area contributed by atoms with Gasteiger partial charge in [-0.3, -0.25) is 4.79 Å². The van der Waals surface area contributed by atoms with Gasteiger partial charge in [-0.25, -0.2) is 17.9 Å². The van der Waals surface area contributed by atoms with Gasteiger partial charge in [0.2, 0.25) is 10.0 Å². The number of anilines is 1. The average Bonchev–Trinajstić information content (AvgIpc) is 3.08. The van der Waals surface area contributed by atoms with Crippen LogP contribution in [0.5, 0.6) is 0 Å². The van der Waals surface area contributed by atoms with Crippen LogP contribution in [-0.4, -0.2) is 32.4 Å². The number of hydrogen-bond acceptors (Lipinski definition) is 6. The molecule has 9 heteroatoms. The van der Waals surface area contributed by atoms with Crippen molar-refractivity contribution in [1.82, 2.24) is 4.72 Å². The highest BCUT2D eigenvalue weighted by Gasteiger charge is 2.20. The molecule has 1 unspecified atom stereocenters. The Hall–Kier alpha value is -2.65. The van der Waals surface area contributed by atoms with Gasteiger partial charge in [-0.1, -0.05) is 0 Å². The first kappa shape index (κ1) is 19.7. The van der Waals surface area contributed by atoms with Crippen LogP contribution in [-0.2, 0) is 19.6 Å².